The van der Waals surface area contributed by atoms with Crippen LogP contribution in [0.1, 0.15) is 13.8 Å². The Morgan fingerprint density at radius 3 is 1.78 bits per heavy atom. The third-order valence-electron chi connectivity index (χ3n) is 0.500. The molecule has 1 aliphatic heterocycles. The van der Waals surface area contributed by atoms with Crippen LogP contribution in [0, 0.1) is 0 Å². The quantitative estimate of drug-likeness (QED) is 0.366. The molecule has 1 aliphatic rings. The minimum absolute atomic E-state index is 0.583. The third kappa shape index (κ3) is 37.8. The largest absolute Gasteiger partial charge is 0.373 e. The third-order valence-corrected chi connectivity index (χ3v) is 0.500. The van der Waals surface area contributed by atoms with Crippen molar-refractivity contribution in [3.63, 3.8) is 0 Å². The summed E-state index contributed by atoms with van der Waals surface area (Å²) in [7, 11) is 0. The number of epoxide rings is 1. The van der Waals surface area contributed by atoms with Crippen molar-refractivity contribution in [2.75, 3.05) is 6.61 Å². The van der Waals surface area contributed by atoms with Gasteiger partial charge in [-0.15, -0.1) is 6.58 Å². The zero-order valence-electron chi connectivity index (χ0n) is 6.09. The summed E-state index contributed by atoms with van der Waals surface area (Å²) in [6, 6.07) is 0. The summed E-state index contributed by atoms with van der Waals surface area (Å²) in [5.41, 5.74) is 0. The molecular weight excluding hydrogens is 116 g/mol. The highest BCUT2D eigenvalue weighted by Crippen LogP contribution is 2.04. The molecule has 1 atom stereocenters. The molecule has 0 radical (unpaired) electrons. The van der Waals surface area contributed by atoms with Crippen LogP contribution in [0.2, 0.25) is 0 Å². The van der Waals surface area contributed by atoms with Crippen molar-refractivity contribution in [1.29, 1.82) is 0 Å². The average molecular weight is 130 g/mol. The lowest BCUT2D eigenvalue weighted by atomic mass is 10.6. The molecule has 0 aromatic heterocycles. The zero-order chi connectivity index (χ0) is 7.70. The van der Waals surface area contributed by atoms with Gasteiger partial charge in [0.2, 0.25) is 0 Å². The highest BCUT2D eigenvalue weighted by molar-refractivity contribution is 5.10. The van der Waals surface area contributed by atoms with E-state index in [-0.39, 0.29) is 0 Å². The molecule has 0 N–H and O–H groups in total. The van der Waals surface area contributed by atoms with Gasteiger partial charge in [0.15, 0.2) is 0 Å². The summed E-state index contributed by atoms with van der Waals surface area (Å²) in [6.45, 7) is 10.3. The normalized spacial score (nSPS) is 19.6. The van der Waals surface area contributed by atoms with Gasteiger partial charge >= 0.3 is 0 Å². The maximum atomic E-state index is 8.00. The molecule has 1 saturated heterocycles. The number of allylic oxidation sites excluding steroid dienone is 1. The minimum atomic E-state index is 0.583. The van der Waals surface area contributed by atoms with E-state index in [0.29, 0.717) is 6.10 Å². The Morgan fingerprint density at radius 1 is 1.67 bits per heavy atom. The van der Waals surface area contributed by atoms with Crippen LogP contribution >= 0.6 is 0 Å². The van der Waals surface area contributed by atoms with E-state index in [9.17, 15) is 0 Å². The summed E-state index contributed by atoms with van der Waals surface area (Å²) >= 11 is 0. The maximum Gasteiger partial charge on any atom is 0.106 e. The van der Waals surface area contributed by atoms with Gasteiger partial charge in [-0.25, -0.2) is 0 Å². The Labute approximate surface area is 56.5 Å². The summed E-state index contributed by atoms with van der Waals surface area (Å²) in [4.78, 5) is 8.00. The monoisotopic (exact) mass is 130 g/mol. The molecule has 0 spiro atoms. The van der Waals surface area contributed by atoms with E-state index < -0.39 is 0 Å². The highest BCUT2D eigenvalue weighted by atomic mass is 16.6. The van der Waals surface area contributed by atoms with Crippen LogP contribution in [0.5, 0.6) is 0 Å². The van der Waals surface area contributed by atoms with E-state index in [2.05, 4.69) is 13.5 Å². The van der Waals surface area contributed by atoms with Crippen molar-refractivity contribution in [3.8, 4) is 0 Å². The van der Waals surface area contributed by atoms with Gasteiger partial charge in [-0.3, -0.25) is 0 Å². The first-order valence-corrected chi connectivity index (χ1v) is 2.78. The van der Waals surface area contributed by atoms with Crippen LogP contribution in [0.4, 0.5) is 0 Å². The number of carbonyl (C=O) groups excluding carboxylic acids is 1. The molecule has 0 saturated carbocycles. The molecule has 9 heavy (non-hydrogen) atoms. The molecule has 0 aromatic carbocycles. The van der Waals surface area contributed by atoms with Gasteiger partial charge in [-0.05, 0) is 13.8 Å². The van der Waals surface area contributed by atoms with Crippen molar-refractivity contribution >= 4 is 6.79 Å². The molecule has 0 aromatic rings. The van der Waals surface area contributed by atoms with E-state index in [1.165, 1.54) is 0 Å². The molecule has 0 aliphatic carbocycles. The van der Waals surface area contributed by atoms with E-state index in [4.69, 9.17) is 9.53 Å². The number of rotatable bonds is 0. The molecule has 1 heterocycles. The Balaban J connectivity index is 0. The molecule has 1 unspecified atom stereocenters. The topological polar surface area (TPSA) is 29.6 Å². The van der Waals surface area contributed by atoms with Crippen LogP contribution in [0.15, 0.2) is 12.7 Å². The second-order valence-corrected chi connectivity index (χ2v) is 1.55. The fourth-order valence-corrected chi connectivity index (χ4v) is 0.0962. The zero-order valence-corrected chi connectivity index (χ0v) is 6.09. The average Bonchev–Trinajstić information content (AvgIpc) is 2.59. The summed E-state index contributed by atoms with van der Waals surface area (Å²) in [5.74, 6) is 0. The van der Waals surface area contributed by atoms with Gasteiger partial charge in [0.25, 0.3) is 0 Å². The van der Waals surface area contributed by atoms with Crippen molar-refractivity contribution in [3.05, 3.63) is 12.7 Å². The second-order valence-electron chi connectivity index (χ2n) is 1.55. The van der Waals surface area contributed by atoms with Crippen molar-refractivity contribution in [2.45, 2.75) is 20.0 Å². The minimum Gasteiger partial charge on any atom is -0.373 e. The predicted molar refractivity (Wildman–Crippen MR) is 38.4 cm³/mol. The maximum absolute atomic E-state index is 8.00. The number of hydrogen-bond donors (Lipinski definition) is 0. The first-order chi connectivity index (χ1) is 4.31. The van der Waals surface area contributed by atoms with Crippen molar-refractivity contribution in [2.24, 2.45) is 0 Å². The van der Waals surface area contributed by atoms with Crippen LogP contribution in [0.25, 0.3) is 0 Å². The molecule has 1 rings (SSSR count). The van der Waals surface area contributed by atoms with Crippen LogP contribution in [-0.4, -0.2) is 19.5 Å². The number of carbonyl (C=O) groups is 1. The smallest absolute Gasteiger partial charge is 0.106 e. The van der Waals surface area contributed by atoms with Gasteiger partial charge in [-0.2, -0.15) is 0 Å². The lowest BCUT2D eigenvalue weighted by Crippen LogP contribution is -1.60. The number of hydrogen-bond acceptors (Lipinski definition) is 2. The van der Waals surface area contributed by atoms with Gasteiger partial charge in [0.1, 0.15) is 6.79 Å². The van der Waals surface area contributed by atoms with Gasteiger partial charge < -0.3 is 9.53 Å². The first kappa shape index (κ1) is 11.2. The van der Waals surface area contributed by atoms with Crippen molar-refractivity contribution in [1.82, 2.24) is 0 Å². The highest BCUT2D eigenvalue weighted by Gasteiger charge is 2.13. The Kier molecular flexibility index (Phi) is 12.9. The fraction of sp³-hybridized carbons (Fsp3) is 0.571. The second kappa shape index (κ2) is 10.4. The first-order valence-electron chi connectivity index (χ1n) is 2.78. The van der Waals surface area contributed by atoms with E-state index in [1.807, 2.05) is 13.7 Å². The molecule has 0 amide bonds. The summed E-state index contributed by atoms with van der Waals surface area (Å²) in [6.07, 6.45) is 2.33. The molecule has 1 fully saturated rings. The van der Waals surface area contributed by atoms with Gasteiger partial charge in [0, 0.05) is 0 Å². The van der Waals surface area contributed by atoms with Gasteiger partial charge in [-0.1, -0.05) is 6.08 Å². The Bertz CT molecular complexity index is 57.9. The van der Waals surface area contributed by atoms with E-state index >= 15 is 0 Å². The van der Waals surface area contributed by atoms with Gasteiger partial charge in [0.05, 0.1) is 12.7 Å². The fourth-order valence-electron chi connectivity index (χ4n) is 0.0962. The Hall–Kier alpha value is -0.630. The lowest BCUT2D eigenvalue weighted by Gasteiger charge is -1.50. The molecular formula is C7H14O2. The SMILES string of the molecule is C=CC.C=O.CC1CO1. The lowest BCUT2D eigenvalue weighted by molar-refractivity contribution is -0.0979. The van der Waals surface area contributed by atoms with Crippen LogP contribution < -0.4 is 0 Å². The van der Waals surface area contributed by atoms with E-state index in [0.717, 1.165) is 6.61 Å². The summed E-state index contributed by atoms with van der Waals surface area (Å²) in [5, 5.41) is 0. The molecule has 2 heteroatoms. The number of ether oxygens (including phenoxy) is 1. The standard InChI is InChI=1S/C3H6O.C3H6.CH2O/c1-3-2-4-3;1-3-2;1-2/h3H,2H2,1H3;3H,1H2,2H3;1H2. The predicted octanol–water partition coefficient (Wildman–Crippen LogP) is 1.41. The van der Waals surface area contributed by atoms with Crippen LogP contribution in [0.3, 0.4) is 0 Å². The van der Waals surface area contributed by atoms with Crippen molar-refractivity contribution < 1.29 is 9.53 Å². The Morgan fingerprint density at radius 2 is 1.78 bits per heavy atom. The summed E-state index contributed by atoms with van der Waals surface area (Å²) < 4.78 is 4.71. The molecule has 0 bridgehead atoms. The van der Waals surface area contributed by atoms with E-state index in [1.54, 1.807) is 6.08 Å². The van der Waals surface area contributed by atoms with Crippen LogP contribution in [-0.2, 0) is 9.53 Å². The molecule has 54 valence electrons. The molecule has 2 nitrogen and oxygen atoms in total.